The molecule has 1 unspecified atom stereocenters. The Morgan fingerprint density at radius 1 is 1.52 bits per heavy atom. The minimum absolute atomic E-state index is 0.211. The van der Waals surface area contributed by atoms with Crippen LogP contribution in [0.1, 0.15) is 31.7 Å². The van der Waals surface area contributed by atoms with Crippen molar-refractivity contribution in [2.45, 2.75) is 38.8 Å². The molecule has 1 heterocycles. The summed E-state index contributed by atoms with van der Waals surface area (Å²) in [5.74, 6) is -0.211. The van der Waals surface area contributed by atoms with Gasteiger partial charge in [0.25, 0.3) is 0 Å². The zero-order valence-corrected chi connectivity index (χ0v) is 13.1. The molecule has 1 aromatic rings. The lowest BCUT2D eigenvalue weighted by Gasteiger charge is -2.25. The highest BCUT2D eigenvalue weighted by Crippen LogP contribution is 2.35. The Kier molecular flexibility index (Phi) is 3.84. The summed E-state index contributed by atoms with van der Waals surface area (Å²) in [4.78, 5) is 13.9. The third-order valence-corrected chi connectivity index (χ3v) is 4.84. The molecule has 2 aliphatic rings. The van der Waals surface area contributed by atoms with Gasteiger partial charge >= 0.3 is 0 Å². The van der Waals surface area contributed by atoms with E-state index in [9.17, 15) is 4.79 Å². The fraction of sp³-hybridized carbons (Fsp3) is 0.562. The van der Waals surface area contributed by atoms with Crippen LogP contribution in [0.5, 0.6) is 0 Å². The van der Waals surface area contributed by atoms with E-state index in [-0.39, 0.29) is 5.91 Å². The van der Waals surface area contributed by atoms with Gasteiger partial charge in [-0.1, -0.05) is 11.6 Å². The van der Waals surface area contributed by atoms with Crippen LogP contribution in [0.3, 0.4) is 0 Å². The summed E-state index contributed by atoms with van der Waals surface area (Å²) in [7, 11) is 0. The van der Waals surface area contributed by atoms with Crippen molar-refractivity contribution >= 4 is 23.2 Å². The van der Waals surface area contributed by atoms with Crippen molar-refractivity contribution in [2.75, 3.05) is 18.0 Å². The fourth-order valence-electron chi connectivity index (χ4n) is 2.91. The molecule has 5 heteroatoms. The highest BCUT2D eigenvalue weighted by molar-refractivity contribution is 6.30. The largest absolute Gasteiger partial charge is 0.370 e. The predicted molar refractivity (Wildman–Crippen MR) is 85.4 cm³/mol. The number of benzene rings is 1. The Balaban J connectivity index is 1.79. The third-order valence-electron chi connectivity index (χ3n) is 4.61. The van der Waals surface area contributed by atoms with Crippen LogP contribution in [0.15, 0.2) is 18.2 Å². The van der Waals surface area contributed by atoms with Gasteiger partial charge in [-0.15, -0.1) is 0 Å². The van der Waals surface area contributed by atoms with Crippen LogP contribution in [-0.4, -0.2) is 25.0 Å². The van der Waals surface area contributed by atoms with Gasteiger partial charge in [0.1, 0.15) is 0 Å². The SMILES string of the molecule is CC1(C(N)=O)CCN(c2ccc(Cl)cc2CNC2CC2)C1. The number of nitrogens with two attached hydrogens (primary N) is 1. The number of nitrogens with zero attached hydrogens (tertiary/aromatic N) is 1. The Hall–Kier alpha value is -1.26. The Morgan fingerprint density at radius 3 is 2.90 bits per heavy atom. The van der Waals surface area contributed by atoms with Gasteiger partial charge in [-0.25, -0.2) is 0 Å². The maximum absolute atomic E-state index is 11.6. The molecule has 1 aromatic carbocycles. The minimum Gasteiger partial charge on any atom is -0.370 e. The van der Waals surface area contributed by atoms with Crippen molar-refractivity contribution in [1.29, 1.82) is 0 Å². The lowest BCUT2D eigenvalue weighted by Crippen LogP contribution is -2.37. The number of hydrogen-bond donors (Lipinski definition) is 2. The van der Waals surface area contributed by atoms with Crippen molar-refractivity contribution in [3.05, 3.63) is 28.8 Å². The molecule has 4 nitrogen and oxygen atoms in total. The molecule has 1 atom stereocenters. The summed E-state index contributed by atoms with van der Waals surface area (Å²) < 4.78 is 0. The highest BCUT2D eigenvalue weighted by Gasteiger charge is 2.39. The predicted octanol–water partition coefficient (Wildman–Crippen LogP) is 2.29. The van der Waals surface area contributed by atoms with Crippen molar-refractivity contribution < 1.29 is 4.79 Å². The minimum atomic E-state index is -0.430. The molecule has 0 spiro atoms. The molecule has 0 bridgehead atoms. The summed E-state index contributed by atoms with van der Waals surface area (Å²) in [5.41, 5.74) is 7.47. The second-order valence-corrected chi connectivity index (χ2v) is 6.96. The fourth-order valence-corrected chi connectivity index (χ4v) is 3.11. The number of carbonyl (C=O) groups is 1. The Labute approximate surface area is 130 Å². The van der Waals surface area contributed by atoms with Gasteiger partial charge in [-0.2, -0.15) is 0 Å². The quantitative estimate of drug-likeness (QED) is 0.877. The van der Waals surface area contributed by atoms with Crippen molar-refractivity contribution in [3.63, 3.8) is 0 Å². The lowest BCUT2D eigenvalue weighted by molar-refractivity contribution is -0.125. The van der Waals surface area contributed by atoms with E-state index in [0.717, 1.165) is 30.2 Å². The standard InChI is InChI=1S/C16H22ClN3O/c1-16(15(18)21)6-7-20(10-16)14-5-2-12(17)8-11(14)9-19-13-3-4-13/h2,5,8,13,19H,3-4,6-7,9-10H2,1H3,(H2,18,21). The van der Waals surface area contributed by atoms with Crippen molar-refractivity contribution in [3.8, 4) is 0 Å². The second kappa shape index (κ2) is 5.50. The maximum Gasteiger partial charge on any atom is 0.225 e. The van der Waals surface area contributed by atoms with Gasteiger partial charge < -0.3 is 16.0 Å². The van der Waals surface area contributed by atoms with E-state index in [2.05, 4.69) is 16.3 Å². The molecular weight excluding hydrogens is 286 g/mol. The molecule has 1 aliphatic carbocycles. The van der Waals surface area contributed by atoms with Gasteiger partial charge in [0, 0.05) is 36.4 Å². The van der Waals surface area contributed by atoms with Crippen LogP contribution < -0.4 is 16.0 Å². The molecule has 21 heavy (non-hydrogen) atoms. The summed E-state index contributed by atoms with van der Waals surface area (Å²) in [6.45, 7) is 4.32. The summed E-state index contributed by atoms with van der Waals surface area (Å²) in [6.07, 6.45) is 3.33. The first kappa shape index (κ1) is 14.7. The normalized spacial score (nSPS) is 25.3. The van der Waals surface area contributed by atoms with Crippen LogP contribution in [0.25, 0.3) is 0 Å². The molecule has 1 saturated heterocycles. The van der Waals surface area contributed by atoms with E-state index in [1.807, 2.05) is 19.1 Å². The monoisotopic (exact) mass is 307 g/mol. The number of halogens is 1. The summed E-state index contributed by atoms with van der Waals surface area (Å²) in [5, 5.41) is 4.28. The van der Waals surface area contributed by atoms with Crippen molar-refractivity contribution in [2.24, 2.45) is 11.1 Å². The van der Waals surface area contributed by atoms with Gasteiger partial charge in [0.05, 0.1) is 5.41 Å². The number of rotatable bonds is 5. The molecule has 1 saturated carbocycles. The molecule has 3 N–H and O–H groups in total. The Bertz CT molecular complexity index is 558. The zero-order chi connectivity index (χ0) is 15.0. The van der Waals surface area contributed by atoms with E-state index in [0.29, 0.717) is 12.6 Å². The van der Waals surface area contributed by atoms with Gasteiger partial charge in [-0.05, 0) is 49.9 Å². The number of anilines is 1. The summed E-state index contributed by atoms with van der Waals surface area (Å²) in [6, 6.07) is 6.65. The van der Waals surface area contributed by atoms with E-state index < -0.39 is 5.41 Å². The topological polar surface area (TPSA) is 58.4 Å². The first-order chi connectivity index (χ1) is 9.98. The smallest absolute Gasteiger partial charge is 0.225 e. The van der Waals surface area contributed by atoms with E-state index in [1.54, 1.807) is 0 Å². The molecule has 1 amide bonds. The first-order valence-electron chi connectivity index (χ1n) is 7.55. The molecule has 2 fully saturated rings. The molecule has 0 radical (unpaired) electrons. The number of primary amides is 1. The van der Waals surface area contributed by atoms with Crippen LogP contribution in [0.2, 0.25) is 5.02 Å². The van der Waals surface area contributed by atoms with Crippen LogP contribution in [0, 0.1) is 5.41 Å². The second-order valence-electron chi connectivity index (χ2n) is 6.52. The van der Waals surface area contributed by atoms with E-state index in [1.165, 1.54) is 18.4 Å². The van der Waals surface area contributed by atoms with Crippen molar-refractivity contribution in [1.82, 2.24) is 5.32 Å². The van der Waals surface area contributed by atoms with Gasteiger partial charge in [0.2, 0.25) is 5.91 Å². The van der Waals surface area contributed by atoms with E-state index in [4.69, 9.17) is 17.3 Å². The molecule has 114 valence electrons. The van der Waals surface area contributed by atoms with Crippen LogP contribution >= 0.6 is 11.6 Å². The highest BCUT2D eigenvalue weighted by atomic mass is 35.5. The average Bonchev–Trinajstić information content (AvgIpc) is 3.18. The van der Waals surface area contributed by atoms with Crippen LogP contribution in [0.4, 0.5) is 5.69 Å². The molecule has 3 rings (SSSR count). The number of nitrogens with one attached hydrogen (secondary N) is 1. The maximum atomic E-state index is 11.6. The summed E-state index contributed by atoms with van der Waals surface area (Å²) >= 11 is 6.14. The Morgan fingerprint density at radius 2 is 2.29 bits per heavy atom. The number of carbonyl (C=O) groups excluding carboxylic acids is 1. The third kappa shape index (κ3) is 3.16. The first-order valence-corrected chi connectivity index (χ1v) is 7.92. The lowest BCUT2D eigenvalue weighted by atomic mass is 9.89. The van der Waals surface area contributed by atoms with Gasteiger partial charge in [-0.3, -0.25) is 4.79 Å². The molecule has 0 aromatic heterocycles. The van der Waals surface area contributed by atoms with Crippen LogP contribution in [-0.2, 0) is 11.3 Å². The molecular formula is C16H22ClN3O. The number of hydrogen-bond acceptors (Lipinski definition) is 3. The molecule has 1 aliphatic heterocycles. The zero-order valence-electron chi connectivity index (χ0n) is 12.4. The van der Waals surface area contributed by atoms with Gasteiger partial charge in [0.15, 0.2) is 0 Å². The average molecular weight is 308 g/mol. The number of amides is 1. The van der Waals surface area contributed by atoms with E-state index >= 15 is 0 Å².